The van der Waals surface area contributed by atoms with Crippen molar-refractivity contribution in [2.75, 3.05) is 12.4 Å². The number of fused-ring (bicyclic) bond motifs is 1. The van der Waals surface area contributed by atoms with Crippen LogP contribution in [0.4, 0.5) is 5.69 Å². The summed E-state index contributed by atoms with van der Waals surface area (Å²) in [4.78, 5) is 12.5. The molecule has 5 heteroatoms. The summed E-state index contributed by atoms with van der Waals surface area (Å²) >= 11 is 0. The van der Waals surface area contributed by atoms with E-state index in [9.17, 15) is 4.79 Å². The van der Waals surface area contributed by atoms with Gasteiger partial charge in [-0.2, -0.15) is 5.26 Å². The van der Waals surface area contributed by atoms with Gasteiger partial charge in [0.15, 0.2) is 0 Å². The number of ether oxygens (including phenoxy) is 1. The lowest BCUT2D eigenvalue weighted by Gasteiger charge is -2.06. The zero-order valence-corrected chi connectivity index (χ0v) is 12.8. The molecule has 0 bridgehead atoms. The molecule has 1 aromatic heterocycles. The number of nitrogens with zero attached hydrogens (tertiary/aromatic N) is 2. The van der Waals surface area contributed by atoms with Gasteiger partial charge in [0.25, 0.3) is 5.91 Å². The predicted molar refractivity (Wildman–Crippen MR) is 88.6 cm³/mol. The van der Waals surface area contributed by atoms with Crippen molar-refractivity contribution in [2.45, 2.75) is 0 Å². The molecule has 0 saturated carbocycles. The van der Waals surface area contributed by atoms with E-state index in [4.69, 9.17) is 10.00 Å². The number of benzene rings is 2. The molecule has 0 aliphatic carbocycles. The lowest BCUT2D eigenvalue weighted by atomic mass is 10.2. The van der Waals surface area contributed by atoms with Gasteiger partial charge in [-0.1, -0.05) is 0 Å². The van der Waals surface area contributed by atoms with Crippen molar-refractivity contribution >= 4 is 22.5 Å². The normalized spacial score (nSPS) is 10.3. The van der Waals surface area contributed by atoms with E-state index in [-0.39, 0.29) is 5.91 Å². The Hall–Kier alpha value is -3.26. The molecular formula is C18H15N3O2. The van der Waals surface area contributed by atoms with Crippen molar-refractivity contribution in [3.63, 3.8) is 0 Å². The SMILES string of the molecule is COc1ccc2c(c1)cc(C(=O)Nc1ccc(C#N)cc1)n2C. The third-order valence-electron chi connectivity index (χ3n) is 3.75. The van der Waals surface area contributed by atoms with Crippen molar-refractivity contribution in [3.8, 4) is 11.8 Å². The zero-order chi connectivity index (χ0) is 16.4. The molecule has 1 N–H and O–H groups in total. The van der Waals surface area contributed by atoms with Gasteiger partial charge in [0.2, 0.25) is 0 Å². The van der Waals surface area contributed by atoms with Crippen LogP contribution in [-0.4, -0.2) is 17.6 Å². The minimum Gasteiger partial charge on any atom is -0.497 e. The number of rotatable bonds is 3. The Morgan fingerprint density at radius 3 is 2.57 bits per heavy atom. The van der Waals surface area contributed by atoms with Crippen molar-refractivity contribution in [1.29, 1.82) is 5.26 Å². The fraction of sp³-hybridized carbons (Fsp3) is 0.111. The molecule has 1 amide bonds. The summed E-state index contributed by atoms with van der Waals surface area (Å²) in [5.74, 6) is 0.550. The molecular weight excluding hydrogens is 290 g/mol. The van der Waals surface area contributed by atoms with Crippen LogP contribution >= 0.6 is 0 Å². The summed E-state index contributed by atoms with van der Waals surface area (Å²) in [7, 11) is 3.46. The van der Waals surface area contributed by atoms with Crippen LogP contribution in [0.2, 0.25) is 0 Å². The molecule has 1 heterocycles. The molecule has 0 saturated heterocycles. The first-order valence-electron chi connectivity index (χ1n) is 7.07. The van der Waals surface area contributed by atoms with Crippen molar-refractivity contribution < 1.29 is 9.53 Å². The maximum Gasteiger partial charge on any atom is 0.272 e. The number of nitriles is 1. The Kier molecular flexibility index (Phi) is 3.73. The summed E-state index contributed by atoms with van der Waals surface area (Å²) in [6, 6.07) is 16.3. The quantitative estimate of drug-likeness (QED) is 0.807. The first-order valence-corrected chi connectivity index (χ1v) is 7.07. The van der Waals surface area contributed by atoms with Crippen molar-refractivity contribution in [1.82, 2.24) is 4.57 Å². The van der Waals surface area contributed by atoms with Crippen molar-refractivity contribution in [3.05, 3.63) is 59.8 Å². The minimum atomic E-state index is -0.202. The Balaban J connectivity index is 1.91. The lowest BCUT2D eigenvalue weighted by molar-refractivity contribution is 0.102. The van der Waals surface area contributed by atoms with Crippen LogP contribution in [0.25, 0.3) is 10.9 Å². The highest BCUT2D eigenvalue weighted by Gasteiger charge is 2.14. The fourth-order valence-corrected chi connectivity index (χ4v) is 2.50. The van der Waals surface area contributed by atoms with Crippen LogP contribution in [0.5, 0.6) is 5.75 Å². The minimum absolute atomic E-state index is 0.202. The van der Waals surface area contributed by atoms with E-state index in [0.717, 1.165) is 16.7 Å². The molecule has 23 heavy (non-hydrogen) atoms. The number of methoxy groups -OCH3 is 1. The Labute approximate surface area is 133 Å². The average Bonchev–Trinajstić information content (AvgIpc) is 2.92. The van der Waals surface area contributed by atoms with Crippen LogP contribution in [0.15, 0.2) is 48.5 Å². The highest BCUT2D eigenvalue weighted by Crippen LogP contribution is 2.24. The second-order valence-corrected chi connectivity index (χ2v) is 5.16. The Bertz CT molecular complexity index is 918. The fourth-order valence-electron chi connectivity index (χ4n) is 2.50. The standard InChI is InChI=1S/C18H15N3O2/c1-21-16-8-7-15(23-2)9-13(16)10-17(21)18(22)20-14-5-3-12(11-19)4-6-14/h3-10H,1-2H3,(H,20,22). The van der Waals surface area contributed by atoms with E-state index >= 15 is 0 Å². The predicted octanol–water partition coefficient (Wildman–Crippen LogP) is 3.31. The van der Waals surface area contributed by atoms with Gasteiger partial charge in [0.05, 0.1) is 18.7 Å². The van der Waals surface area contributed by atoms with Gasteiger partial charge in [0, 0.05) is 23.6 Å². The van der Waals surface area contributed by atoms with Crippen LogP contribution in [0.3, 0.4) is 0 Å². The van der Waals surface area contributed by atoms with E-state index in [1.54, 1.807) is 31.4 Å². The topological polar surface area (TPSA) is 67.0 Å². The molecule has 0 fully saturated rings. The van der Waals surface area contributed by atoms with Gasteiger partial charge in [0.1, 0.15) is 11.4 Å². The summed E-state index contributed by atoms with van der Waals surface area (Å²) in [5.41, 5.74) is 2.71. The van der Waals surface area contributed by atoms with Crippen molar-refractivity contribution in [2.24, 2.45) is 7.05 Å². The largest absolute Gasteiger partial charge is 0.497 e. The van der Waals surface area contributed by atoms with E-state index < -0.39 is 0 Å². The van der Waals surface area contributed by atoms with Crippen LogP contribution < -0.4 is 10.1 Å². The number of hydrogen-bond donors (Lipinski definition) is 1. The summed E-state index contributed by atoms with van der Waals surface area (Å²) in [5, 5.41) is 12.6. The number of aryl methyl sites for hydroxylation is 1. The van der Waals surface area contributed by atoms with Gasteiger partial charge in [-0.15, -0.1) is 0 Å². The maximum absolute atomic E-state index is 12.5. The van der Waals surface area contributed by atoms with Crippen LogP contribution in [0.1, 0.15) is 16.1 Å². The monoisotopic (exact) mass is 305 g/mol. The highest BCUT2D eigenvalue weighted by molar-refractivity contribution is 6.06. The van der Waals surface area contributed by atoms with Gasteiger partial charge < -0.3 is 14.6 Å². The second kappa shape index (κ2) is 5.85. The maximum atomic E-state index is 12.5. The molecule has 5 nitrogen and oxygen atoms in total. The van der Waals surface area contributed by atoms with Gasteiger partial charge in [-0.3, -0.25) is 4.79 Å². The van der Waals surface area contributed by atoms with E-state index in [1.165, 1.54) is 0 Å². The smallest absolute Gasteiger partial charge is 0.272 e. The average molecular weight is 305 g/mol. The first-order chi connectivity index (χ1) is 11.1. The molecule has 0 unspecified atom stereocenters. The third-order valence-corrected chi connectivity index (χ3v) is 3.75. The number of carbonyl (C=O) groups excluding carboxylic acids is 1. The molecule has 0 aliphatic heterocycles. The molecule has 3 aromatic rings. The number of nitrogens with one attached hydrogen (secondary N) is 1. The molecule has 2 aromatic carbocycles. The molecule has 0 spiro atoms. The van der Waals surface area contributed by atoms with Gasteiger partial charge in [-0.25, -0.2) is 0 Å². The van der Waals surface area contributed by atoms with Crippen LogP contribution in [-0.2, 0) is 7.05 Å². The van der Waals surface area contributed by atoms with Gasteiger partial charge >= 0.3 is 0 Å². The van der Waals surface area contributed by atoms with Crippen LogP contribution in [0, 0.1) is 11.3 Å². The first kappa shape index (κ1) is 14.7. The second-order valence-electron chi connectivity index (χ2n) is 5.16. The number of carbonyl (C=O) groups is 1. The Morgan fingerprint density at radius 2 is 1.91 bits per heavy atom. The van der Waals surface area contributed by atoms with E-state index in [2.05, 4.69) is 5.32 Å². The summed E-state index contributed by atoms with van der Waals surface area (Å²) in [6.45, 7) is 0. The molecule has 0 radical (unpaired) electrons. The summed E-state index contributed by atoms with van der Waals surface area (Å²) in [6.07, 6.45) is 0. The number of hydrogen-bond acceptors (Lipinski definition) is 3. The molecule has 0 aliphatic rings. The molecule has 3 rings (SSSR count). The third kappa shape index (κ3) is 2.74. The molecule has 0 atom stereocenters. The lowest BCUT2D eigenvalue weighted by Crippen LogP contribution is -2.15. The van der Waals surface area contributed by atoms with Gasteiger partial charge in [-0.05, 0) is 48.5 Å². The number of aromatic nitrogens is 1. The summed E-state index contributed by atoms with van der Waals surface area (Å²) < 4.78 is 7.05. The molecule has 114 valence electrons. The highest BCUT2D eigenvalue weighted by atomic mass is 16.5. The number of amides is 1. The van der Waals surface area contributed by atoms with E-state index in [1.807, 2.05) is 41.9 Å². The zero-order valence-electron chi connectivity index (χ0n) is 12.8. The Morgan fingerprint density at radius 1 is 1.17 bits per heavy atom. The van der Waals surface area contributed by atoms with E-state index in [0.29, 0.717) is 16.9 Å². The number of anilines is 1.